The van der Waals surface area contributed by atoms with Gasteiger partial charge in [-0.05, 0) is 53.2 Å². The van der Waals surface area contributed by atoms with Gasteiger partial charge in [0.25, 0.3) is 0 Å². The Bertz CT molecular complexity index is 3480. The number of benzene rings is 7. The van der Waals surface area contributed by atoms with Crippen LogP contribution in [0.1, 0.15) is 0 Å². The zero-order chi connectivity index (χ0) is 34.8. The Kier molecular flexibility index (Phi) is 5.77. The maximum Gasteiger partial charge on any atom is 0.216 e. The Morgan fingerprint density at radius 3 is 2.04 bits per heavy atom. The van der Waals surface area contributed by atoms with Crippen LogP contribution >= 0.6 is 11.3 Å². The highest BCUT2D eigenvalue weighted by molar-refractivity contribution is 7.27. The molecule has 0 aliphatic rings. The quantitative estimate of drug-likeness (QED) is 0.184. The summed E-state index contributed by atoms with van der Waals surface area (Å²) in [5.41, 5.74) is 6.40. The molecule has 0 bridgehead atoms. The minimum Gasteiger partial charge on any atom is -0.439 e. The summed E-state index contributed by atoms with van der Waals surface area (Å²) in [5.74, 6) is 0.181. The molecule has 53 heavy (non-hydrogen) atoms. The van der Waals surface area contributed by atoms with E-state index in [9.17, 15) is 0 Å². The number of para-hydroxylation sites is 3. The molecule has 0 spiro atoms. The number of thiophene rings is 1. The molecule has 0 fully saturated rings. The highest BCUT2D eigenvalue weighted by atomic mass is 32.1. The zero-order valence-corrected chi connectivity index (χ0v) is 28.7. The SMILES string of the molecule is Fc1ccccc1-c1nc2c3c4ccccc4oc3n(-c3ccccc3)c2nc1-n1c2ccccc2c2c3ccccc3c3c4ccccc4sc3c21. The smallest absolute Gasteiger partial charge is 0.216 e. The first kappa shape index (κ1) is 28.8. The number of fused-ring (bicyclic) bond motifs is 15. The fourth-order valence-corrected chi connectivity index (χ4v) is 9.67. The summed E-state index contributed by atoms with van der Waals surface area (Å²) >= 11 is 1.78. The number of rotatable bonds is 3. The second kappa shape index (κ2) is 10.6. The minimum atomic E-state index is -0.364. The van der Waals surface area contributed by atoms with Crippen molar-refractivity contribution >= 4 is 97.3 Å². The van der Waals surface area contributed by atoms with Gasteiger partial charge in [0.2, 0.25) is 5.71 Å². The molecule has 7 aromatic carbocycles. The summed E-state index contributed by atoms with van der Waals surface area (Å²) in [6, 6.07) is 50.7. The van der Waals surface area contributed by atoms with Crippen molar-refractivity contribution in [2.75, 3.05) is 0 Å². The van der Waals surface area contributed by atoms with Crippen LogP contribution in [0.15, 0.2) is 156 Å². The topological polar surface area (TPSA) is 48.8 Å². The first-order valence-electron chi connectivity index (χ1n) is 17.5. The van der Waals surface area contributed by atoms with Gasteiger partial charge in [-0.15, -0.1) is 11.3 Å². The van der Waals surface area contributed by atoms with Crippen molar-refractivity contribution in [3.63, 3.8) is 0 Å². The van der Waals surface area contributed by atoms with Gasteiger partial charge in [-0.25, -0.2) is 14.4 Å². The molecule has 0 N–H and O–H groups in total. The van der Waals surface area contributed by atoms with Crippen LogP contribution in [0.5, 0.6) is 0 Å². The van der Waals surface area contributed by atoms with Gasteiger partial charge in [-0.2, -0.15) is 0 Å². The van der Waals surface area contributed by atoms with Crippen molar-refractivity contribution < 1.29 is 8.81 Å². The van der Waals surface area contributed by atoms with Gasteiger partial charge in [0.05, 0.1) is 26.8 Å². The monoisotopic (exact) mass is 700 g/mol. The lowest BCUT2D eigenvalue weighted by atomic mass is 9.99. The predicted octanol–water partition coefficient (Wildman–Crippen LogP) is 12.7. The van der Waals surface area contributed by atoms with Gasteiger partial charge in [0, 0.05) is 37.2 Å². The molecule has 248 valence electrons. The average Bonchev–Trinajstić information content (AvgIpc) is 3.95. The van der Waals surface area contributed by atoms with E-state index >= 15 is 4.39 Å². The molecule has 5 aromatic heterocycles. The molecule has 7 heteroatoms. The first-order valence-corrected chi connectivity index (χ1v) is 18.4. The molecule has 12 aromatic rings. The predicted molar refractivity (Wildman–Crippen MR) is 216 cm³/mol. The number of nitrogens with zero attached hydrogens (tertiary/aromatic N) is 4. The average molecular weight is 701 g/mol. The van der Waals surface area contributed by atoms with Crippen molar-refractivity contribution in [1.29, 1.82) is 0 Å². The third kappa shape index (κ3) is 3.83. The first-order chi connectivity index (χ1) is 26.2. The normalized spacial score (nSPS) is 12.2. The Hall–Kier alpha value is -6.83. The summed E-state index contributed by atoms with van der Waals surface area (Å²) in [4.78, 5) is 11.1. The maximum absolute atomic E-state index is 16.2. The third-order valence-corrected chi connectivity index (χ3v) is 11.8. The van der Waals surface area contributed by atoms with Crippen LogP contribution in [-0.4, -0.2) is 19.1 Å². The summed E-state index contributed by atoms with van der Waals surface area (Å²) in [6.07, 6.45) is 0. The van der Waals surface area contributed by atoms with Crippen LogP contribution in [0.2, 0.25) is 0 Å². The standard InChI is InChI=1S/C46H25FN4OS/c47-33-22-10-6-18-29(33)40-44(49-45-41(48-40)39-31-20-8-12-24-35(31)52-46(39)50(45)26-14-2-1-3-15-26)51-34-23-11-7-19-30(34)37-27-16-4-5-17-28(27)38-32-21-9-13-25-36(32)53-43(38)42(37)51/h1-25H. The van der Waals surface area contributed by atoms with Gasteiger partial charge in [0.15, 0.2) is 11.5 Å². The fourth-order valence-electron chi connectivity index (χ4n) is 8.41. The van der Waals surface area contributed by atoms with Gasteiger partial charge >= 0.3 is 0 Å². The lowest BCUT2D eigenvalue weighted by Gasteiger charge is -2.15. The summed E-state index contributed by atoms with van der Waals surface area (Å²) in [5, 5.41) is 8.78. The Morgan fingerprint density at radius 2 is 1.21 bits per heavy atom. The lowest BCUT2D eigenvalue weighted by molar-refractivity contribution is 0.630. The fraction of sp³-hybridized carbons (Fsp3) is 0. The molecule has 5 heterocycles. The Labute approximate surface area is 304 Å². The summed E-state index contributed by atoms with van der Waals surface area (Å²) in [7, 11) is 0. The molecule has 0 aliphatic carbocycles. The lowest BCUT2D eigenvalue weighted by Crippen LogP contribution is -2.06. The molecule has 5 nitrogen and oxygen atoms in total. The van der Waals surface area contributed by atoms with Crippen molar-refractivity contribution in [1.82, 2.24) is 19.1 Å². The molecule has 12 rings (SSSR count). The molecule has 0 aliphatic heterocycles. The maximum atomic E-state index is 16.2. The summed E-state index contributed by atoms with van der Waals surface area (Å²) < 4.78 is 29.4. The molecule has 0 unspecified atom stereocenters. The van der Waals surface area contributed by atoms with Gasteiger partial charge in [-0.3, -0.25) is 9.13 Å². The molecule has 0 saturated heterocycles. The second-order valence-electron chi connectivity index (χ2n) is 13.4. The number of furan rings is 1. The van der Waals surface area contributed by atoms with E-state index in [0.717, 1.165) is 53.9 Å². The zero-order valence-electron chi connectivity index (χ0n) is 27.9. The molecule has 0 radical (unpaired) electrons. The van der Waals surface area contributed by atoms with E-state index in [1.54, 1.807) is 23.5 Å². The van der Waals surface area contributed by atoms with Crippen molar-refractivity contribution in [2.45, 2.75) is 0 Å². The Morgan fingerprint density at radius 1 is 0.547 bits per heavy atom. The molecule has 0 atom stereocenters. The molecule has 0 saturated carbocycles. The number of hydrogen-bond acceptors (Lipinski definition) is 4. The Balaban J connectivity index is 1.35. The highest BCUT2D eigenvalue weighted by Crippen LogP contribution is 2.49. The second-order valence-corrected chi connectivity index (χ2v) is 14.5. The molecule has 0 amide bonds. The van der Waals surface area contributed by atoms with E-state index < -0.39 is 0 Å². The van der Waals surface area contributed by atoms with Crippen LogP contribution < -0.4 is 0 Å². The number of aromatic nitrogens is 4. The third-order valence-electron chi connectivity index (χ3n) is 10.6. The van der Waals surface area contributed by atoms with Crippen molar-refractivity contribution in [3.8, 4) is 22.8 Å². The summed E-state index contributed by atoms with van der Waals surface area (Å²) in [6.45, 7) is 0. The van der Waals surface area contributed by atoms with Crippen LogP contribution in [0.25, 0.3) is 109 Å². The van der Waals surface area contributed by atoms with Crippen LogP contribution in [0.3, 0.4) is 0 Å². The van der Waals surface area contributed by atoms with Crippen LogP contribution in [0.4, 0.5) is 4.39 Å². The van der Waals surface area contributed by atoms with Crippen LogP contribution in [-0.2, 0) is 0 Å². The van der Waals surface area contributed by atoms with E-state index in [1.807, 2.05) is 65.2 Å². The largest absolute Gasteiger partial charge is 0.439 e. The van der Waals surface area contributed by atoms with Gasteiger partial charge in [0.1, 0.15) is 22.6 Å². The number of halogens is 1. The molecular weight excluding hydrogens is 676 g/mol. The van der Waals surface area contributed by atoms with Crippen LogP contribution in [0, 0.1) is 5.82 Å². The van der Waals surface area contributed by atoms with E-state index in [-0.39, 0.29) is 5.82 Å². The van der Waals surface area contributed by atoms with Gasteiger partial charge in [-0.1, -0.05) is 109 Å². The number of hydrogen-bond donors (Lipinski definition) is 0. The molecular formula is C46H25FN4OS. The van der Waals surface area contributed by atoms with Crippen molar-refractivity contribution in [3.05, 3.63) is 157 Å². The highest BCUT2D eigenvalue weighted by Gasteiger charge is 2.28. The van der Waals surface area contributed by atoms with E-state index in [4.69, 9.17) is 14.4 Å². The van der Waals surface area contributed by atoms with E-state index in [2.05, 4.69) is 77.4 Å². The minimum absolute atomic E-state index is 0.364. The van der Waals surface area contributed by atoms with Crippen molar-refractivity contribution in [2.24, 2.45) is 0 Å². The van der Waals surface area contributed by atoms with Gasteiger partial charge < -0.3 is 4.42 Å². The van der Waals surface area contributed by atoms with E-state index in [0.29, 0.717) is 34.0 Å². The van der Waals surface area contributed by atoms with E-state index in [1.165, 1.54) is 26.9 Å².